The quantitative estimate of drug-likeness (QED) is 0.299. The number of carbonyl (C=O) groups is 1. The number of hydrogen-bond donors (Lipinski definition) is 0. The molecule has 1 aliphatic carbocycles. The summed E-state index contributed by atoms with van der Waals surface area (Å²) in [6, 6.07) is 8.50. The molecule has 1 fully saturated rings. The van der Waals surface area contributed by atoms with E-state index in [9.17, 15) is 13.6 Å². The van der Waals surface area contributed by atoms with Crippen LogP contribution < -0.4 is 14.2 Å². The van der Waals surface area contributed by atoms with Crippen LogP contribution in [0.4, 0.5) is 8.78 Å². The molecule has 0 unspecified atom stereocenters. The lowest BCUT2D eigenvalue weighted by atomic mass is 10.00. The van der Waals surface area contributed by atoms with Crippen molar-refractivity contribution in [1.82, 2.24) is 19.2 Å². The van der Waals surface area contributed by atoms with Crippen LogP contribution in [0.2, 0.25) is 0 Å². The number of halogens is 2. The van der Waals surface area contributed by atoms with Crippen LogP contribution in [0, 0.1) is 5.92 Å². The van der Waals surface area contributed by atoms with Gasteiger partial charge >= 0.3 is 6.61 Å². The molecule has 35 heavy (non-hydrogen) atoms. The number of carbonyl (C=O) groups excluding carboxylic acids is 1. The molecule has 0 saturated heterocycles. The molecule has 0 spiro atoms. The maximum atomic E-state index is 13.2. The number of ether oxygens (including phenoxy) is 3. The van der Waals surface area contributed by atoms with Gasteiger partial charge in [0.1, 0.15) is 35.1 Å². The van der Waals surface area contributed by atoms with Crippen LogP contribution in [0.1, 0.15) is 35.3 Å². The molecule has 1 aliphatic rings. The third-order valence-corrected chi connectivity index (χ3v) is 5.89. The molecular weight excluding hydrogens is 458 g/mol. The third-order valence-electron chi connectivity index (χ3n) is 5.89. The number of imidazole rings is 1. The van der Waals surface area contributed by atoms with Gasteiger partial charge in [0.15, 0.2) is 5.78 Å². The summed E-state index contributed by atoms with van der Waals surface area (Å²) < 4.78 is 46.0. The van der Waals surface area contributed by atoms with Gasteiger partial charge in [0.25, 0.3) is 0 Å². The number of methoxy groups -OCH3 is 1. The Kier molecular flexibility index (Phi) is 6.10. The number of aromatic nitrogens is 4. The normalized spacial score (nSPS) is 13.4. The highest BCUT2D eigenvalue weighted by molar-refractivity contribution is 6.02. The van der Waals surface area contributed by atoms with E-state index in [4.69, 9.17) is 14.2 Å². The van der Waals surface area contributed by atoms with Crippen LogP contribution in [-0.2, 0) is 13.7 Å². The predicted octanol–water partition coefficient (Wildman–Crippen LogP) is 4.91. The number of fused-ring (bicyclic) bond motifs is 1. The number of alkyl halides is 2. The zero-order valence-corrected chi connectivity index (χ0v) is 19.3. The Hall–Kier alpha value is -3.95. The summed E-state index contributed by atoms with van der Waals surface area (Å²) in [5.74, 6) is 0.624. The lowest BCUT2D eigenvalue weighted by Gasteiger charge is -2.16. The Bertz CT molecular complexity index is 1380. The monoisotopic (exact) mass is 482 g/mol. The second-order valence-corrected chi connectivity index (χ2v) is 8.50. The Morgan fingerprint density at radius 3 is 2.66 bits per heavy atom. The van der Waals surface area contributed by atoms with Crippen molar-refractivity contribution < 1.29 is 27.8 Å². The first-order chi connectivity index (χ1) is 16.9. The van der Waals surface area contributed by atoms with Crippen molar-refractivity contribution in [3.8, 4) is 28.5 Å². The summed E-state index contributed by atoms with van der Waals surface area (Å²) in [6.45, 7) is -2.77. The van der Waals surface area contributed by atoms with Gasteiger partial charge in [0.2, 0.25) is 0 Å². The van der Waals surface area contributed by atoms with E-state index in [1.165, 1.54) is 13.2 Å². The van der Waals surface area contributed by atoms with E-state index in [1.807, 2.05) is 19.3 Å². The number of rotatable bonds is 10. The van der Waals surface area contributed by atoms with Gasteiger partial charge in [-0.05, 0) is 43.0 Å². The lowest BCUT2D eigenvalue weighted by Crippen LogP contribution is -2.11. The third kappa shape index (κ3) is 4.96. The number of ketones is 1. The number of pyridine rings is 1. The summed E-state index contributed by atoms with van der Waals surface area (Å²) in [5.41, 5.74) is 2.58. The maximum absolute atomic E-state index is 13.2. The van der Waals surface area contributed by atoms with E-state index in [0.29, 0.717) is 35.2 Å². The molecule has 0 aliphatic heterocycles. The van der Waals surface area contributed by atoms with Gasteiger partial charge in [0.05, 0.1) is 24.7 Å². The molecule has 4 aromatic rings. The standard InChI is InChI=1S/C25H24F2N4O4/c1-30-7-5-17(29-30)14-34-18-6-8-31-19(13-28-23(31)12-18)16-10-21(33-2)24(20(32)9-15-3-4-15)22(11-16)35-25(26)27/h5-8,10-13,15,25H,3-4,9,14H2,1-2H3. The van der Waals surface area contributed by atoms with Crippen molar-refractivity contribution in [1.29, 1.82) is 0 Å². The van der Waals surface area contributed by atoms with Gasteiger partial charge in [-0.2, -0.15) is 13.9 Å². The number of nitrogens with zero attached hydrogens (tertiary/aromatic N) is 4. The largest absolute Gasteiger partial charge is 0.496 e. The Labute approximate surface area is 200 Å². The van der Waals surface area contributed by atoms with Crippen molar-refractivity contribution in [2.45, 2.75) is 32.5 Å². The number of hydrogen-bond acceptors (Lipinski definition) is 6. The average Bonchev–Trinajstić information content (AvgIpc) is 3.38. The predicted molar refractivity (Wildman–Crippen MR) is 123 cm³/mol. The van der Waals surface area contributed by atoms with E-state index in [0.717, 1.165) is 18.5 Å². The molecule has 0 atom stereocenters. The van der Waals surface area contributed by atoms with Crippen LogP contribution in [0.25, 0.3) is 16.9 Å². The van der Waals surface area contributed by atoms with Gasteiger partial charge in [-0.1, -0.05) is 0 Å². The van der Waals surface area contributed by atoms with Gasteiger partial charge in [-0.15, -0.1) is 0 Å². The molecule has 8 nitrogen and oxygen atoms in total. The molecule has 182 valence electrons. The minimum absolute atomic E-state index is 0.0440. The van der Waals surface area contributed by atoms with Gasteiger partial charge < -0.3 is 14.2 Å². The van der Waals surface area contributed by atoms with Crippen LogP contribution in [0.3, 0.4) is 0 Å². The number of aryl methyl sites for hydroxylation is 1. The lowest BCUT2D eigenvalue weighted by molar-refractivity contribution is -0.0502. The fraction of sp³-hybridized carbons (Fsp3) is 0.320. The van der Waals surface area contributed by atoms with E-state index >= 15 is 0 Å². The van der Waals surface area contributed by atoms with Crippen molar-refractivity contribution in [3.05, 3.63) is 60.2 Å². The molecule has 0 N–H and O–H groups in total. The number of Topliss-reactive ketones (excluding diaryl/α,β-unsaturated/α-hetero) is 1. The van der Waals surface area contributed by atoms with E-state index in [1.54, 1.807) is 39.7 Å². The first-order valence-corrected chi connectivity index (χ1v) is 11.2. The van der Waals surface area contributed by atoms with Gasteiger partial charge in [-0.3, -0.25) is 13.9 Å². The van der Waals surface area contributed by atoms with E-state index in [-0.39, 0.29) is 29.3 Å². The molecule has 10 heteroatoms. The highest BCUT2D eigenvalue weighted by Crippen LogP contribution is 2.40. The molecule has 1 saturated carbocycles. The van der Waals surface area contributed by atoms with Crippen LogP contribution in [0.5, 0.6) is 17.2 Å². The molecule has 0 amide bonds. The summed E-state index contributed by atoms with van der Waals surface area (Å²) >= 11 is 0. The first kappa shape index (κ1) is 22.8. The smallest absolute Gasteiger partial charge is 0.387 e. The van der Waals surface area contributed by atoms with Crippen LogP contribution in [0.15, 0.2) is 48.9 Å². The molecule has 0 radical (unpaired) electrons. The highest BCUT2D eigenvalue weighted by Gasteiger charge is 2.29. The molecular formula is C25H24F2N4O4. The van der Waals surface area contributed by atoms with E-state index in [2.05, 4.69) is 10.1 Å². The van der Waals surface area contributed by atoms with Crippen molar-refractivity contribution >= 4 is 11.4 Å². The van der Waals surface area contributed by atoms with Crippen LogP contribution in [-0.4, -0.2) is 38.7 Å². The Morgan fingerprint density at radius 1 is 1.17 bits per heavy atom. The summed E-state index contributed by atoms with van der Waals surface area (Å²) in [4.78, 5) is 17.3. The first-order valence-electron chi connectivity index (χ1n) is 11.2. The highest BCUT2D eigenvalue weighted by atomic mass is 19.3. The minimum atomic E-state index is -3.08. The van der Waals surface area contributed by atoms with Gasteiger partial charge in [-0.25, -0.2) is 4.98 Å². The zero-order chi connectivity index (χ0) is 24.5. The SMILES string of the molecule is COc1cc(-c2cnc3cc(OCc4ccn(C)n4)ccn23)cc(OC(F)F)c1C(=O)CC1CC1. The molecule has 1 aromatic carbocycles. The summed E-state index contributed by atoms with van der Waals surface area (Å²) in [6.07, 6.45) is 7.45. The second kappa shape index (κ2) is 9.36. The van der Waals surface area contributed by atoms with E-state index < -0.39 is 6.61 Å². The van der Waals surface area contributed by atoms with Crippen molar-refractivity contribution in [3.63, 3.8) is 0 Å². The fourth-order valence-electron chi connectivity index (χ4n) is 4.01. The minimum Gasteiger partial charge on any atom is -0.496 e. The molecule has 3 aromatic heterocycles. The average molecular weight is 482 g/mol. The Morgan fingerprint density at radius 2 is 1.97 bits per heavy atom. The molecule has 3 heterocycles. The second-order valence-electron chi connectivity index (χ2n) is 8.50. The number of benzene rings is 1. The Balaban J connectivity index is 1.47. The summed E-state index contributed by atoms with van der Waals surface area (Å²) in [5, 5.41) is 4.29. The van der Waals surface area contributed by atoms with Gasteiger partial charge in [0, 0.05) is 37.5 Å². The van der Waals surface area contributed by atoms with Crippen LogP contribution >= 0.6 is 0 Å². The van der Waals surface area contributed by atoms with Crippen molar-refractivity contribution in [2.24, 2.45) is 13.0 Å². The summed E-state index contributed by atoms with van der Waals surface area (Å²) in [7, 11) is 3.24. The topological polar surface area (TPSA) is 79.9 Å². The molecule has 5 rings (SSSR count). The van der Waals surface area contributed by atoms with Crippen molar-refractivity contribution in [2.75, 3.05) is 7.11 Å². The molecule has 0 bridgehead atoms. The fourth-order valence-corrected chi connectivity index (χ4v) is 4.01. The zero-order valence-electron chi connectivity index (χ0n) is 19.3. The maximum Gasteiger partial charge on any atom is 0.387 e.